The first-order chi connectivity index (χ1) is 13.6. The van der Waals surface area contributed by atoms with Crippen LogP contribution in [0, 0.1) is 6.92 Å². The normalized spacial score (nSPS) is 13.1. The Morgan fingerprint density at radius 2 is 2.14 bits per heavy atom. The molecule has 0 spiro atoms. The number of nitrogens with zero attached hydrogens (tertiary/aromatic N) is 4. The predicted molar refractivity (Wildman–Crippen MR) is 116 cm³/mol. The fourth-order valence-electron chi connectivity index (χ4n) is 2.81. The lowest BCUT2D eigenvalue weighted by Crippen LogP contribution is -2.39. The van der Waals surface area contributed by atoms with Crippen molar-refractivity contribution in [1.82, 2.24) is 25.4 Å². The standard InChI is InChI=1S/C20H28N6OS/c1-14(18-12-16-8-5-6-9-17(16)27-18)23-20(21-10-7-11-28-4)22-13-19-25-24-15(2)26(19)3/h5-6,8-9,12,14H,7,10-11,13H2,1-4H3,(H2,21,22,23). The minimum absolute atomic E-state index is 0.0135. The molecule has 3 rings (SSSR count). The van der Waals surface area contributed by atoms with Gasteiger partial charge in [-0.15, -0.1) is 10.2 Å². The van der Waals surface area contributed by atoms with Gasteiger partial charge in [-0.2, -0.15) is 11.8 Å². The van der Waals surface area contributed by atoms with E-state index in [-0.39, 0.29) is 6.04 Å². The molecule has 28 heavy (non-hydrogen) atoms. The summed E-state index contributed by atoms with van der Waals surface area (Å²) in [7, 11) is 1.95. The Morgan fingerprint density at radius 1 is 1.32 bits per heavy atom. The fourth-order valence-corrected chi connectivity index (χ4v) is 3.24. The van der Waals surface area contributed by atoms with Crippen LogP contribution in [-0.4, -0.2) is 39.3 Å². The first-order valence-corrected chi connectivity index (χ1v) is 10.8. The Kier molecular flexibility index (Phi) is 6.97. The molecule has 150 valence electrons. The van der Waals surface area contributed by atoms with Gasteiger partial charge < -0.3 is 19.6 Å². The van der Waals surface area contributed by atoms with Crippen molar-refractivity contribution in [3.8, 4) is 0 Å². The highest BCUT2D eigenvalue weighted by molar-refractivity contribution is 7.98. The average molecular weight is 401 g/mol. The van der Waals surface area contributed by atoms with E-state index >= 15 is 0 Å². The van der Waals surface area contributed by atoms with Crippen molar-refractivity contribution in [2.24, 2.45) is 12.0 Å². The molecule has 1 aromatic carbocycles. The van der Waals surface area contributed by atoms with E-state index in [1.807, 2.05) is 48.5 Å². The van der Waals surface area contributed by atoms with Gasteiger partial charge in [0.25, 0.3) is 0 Å². The molecule has 0 radical (unpaired) electrons. The molecule has 1 unspecified atom stereocenters. The van der Waals surface area contributed by atoms with Crippen LogP contribution in [-0.2, 0) is 13.6 Å². The third-order valence-corrected chi connectivity index (χ3v) is 5.30. The van der Waals surface area contributed by atoms with Crippen molar-refractivity contribution < 1.29 is 4.42 Å². The predicted octanol–water partition coefficient (Wildman–Crippen LogP) is 3.42. The van der Waals surface area contributed by atoms with E-state index in [1.165, 1.54) is 0 Å². The van der Waals surface area contributed by atoms with Crippen LogP contribution in [0.1, 0.15) is 36.8 Å². The zero-order valence-corrected chi connectivity index (χ0v) is 17.7. The Bertz CT molecular complexity index is 899. The lowest BCUT2D eigenvalue weighted by atomic mass is 10.2. The Balaban J connectivity index is 1.71. The maximum absolute atomic E-state index is 5.98. The summed E-state index contributed by atoms with van der Waals surface area (Å²) in [6, 6.07) is 10.1. The second-order valence-corrected chi connectivity index (χ2v) is 7.70. The van der Waals surface area contributed by atoms with E-state index in [0.717, 1.165) is 53.1 Å². The van der Waals surface area contributed by atoms with Crippen LogP contribution in [0.3, 0.4) is 0 Å². The lowest BCUT2D eigenvalue weighted by molar-refractivity contribution is 0.488. The van der Waals surface area contributed by atoms with E-state index < -0.39 is 0 Å². The average Bonchev–Trinajstić information content (AvgIpc) is 3.27. The second-order valence-electron chi connectivity index (χ2n) is 6.71. The summed E-state index contributed by atoms with van der Waals surface area (Å²) in [5.74, 6) is 4.45. The zero-order chi connectivity index (χ0) is 19.9. The van der Waals surface area contributed by atoms with Gasteiger partial charge in [0.05, 0.1) is 6.04 Å². The molecule has 0 bridgehead atoms. The Labute approximate surface area is 170 Å². The highest BCUT2D eigenvalue weighted by Gasteiger charge is 2.13. The third-order valence-electron chi connectivity index (χ3n) is 4.60. The number of rotatable bonds is 8. The number of hydrogen-bond acceptors (Lipinski definition) is 5. The molecule has 0 aliphatic carbocycles. The van der Waals surface area contributed by atoms with Gasteiger partial charge in [-0.25, -0.2) is 4.99 Å². The number of benzene rings is 1. The Hall–Kier alpha value is -2.48. The van der Waals surface area contributed by atoms with Gasteiger partial charge in [0.1, 0.15) is 23.7 Å². The summed E-state index contributed by atoms with van der Waals surface area (Å²) >= 11 is 1.84. The van der Waals surface area contributed by atoms with Gasteiger partial charge in [0, 0.05) is 19.0 Å². The number of aryl methyl sites for hydroxylation is 1. The number of aliphatic imine (C=N–C) groups is 1. The number of furan rings is 1. The highest BCUT2D eigenvalue weighted by Crippen LogP contribution is 2.23. The van der Waals surface area contributed by atoms with Crippen LogP contribution < -0.4 is 10.6 Å². The molecule has 3 aromatic rings. The van der Waals surface area contributed by atoms with E-state index in [9.17, 15) is 0 Å². The van der Waals surface area contributed by atoms with E-state index in [2.05, 4.69) is 46.1 Å². The number of para-hydroxylation sites is 1. The van der Waals surface area contributed by atoms with Gasteiger partial charge in [-0.1, -0.05) is 18.2 Å². The monoisotopic (exact) mass is 400 g/mol. The molecule has 2 aromatic heterocycles. The maximum Gasteiger partial charge on any atom is 0.192 e. The summed E-state index contributed by atoms with van der Waals surface area (Å²) in [5.41, 5.74) is 0.895. The number of nitrogens with one attached hydrogen (secondary N) is 2. The number of thioether (sulfide) groups is 1. The third kappa shape index (κ3) is 5.07. The fraction of sp³-hybridized carbons (Fsp3) is 0.450. The van der Waals surface area contributed by atoms with Gasteiger partial charge in [0.2, 0.25) is 0 Å². The largest absolute Gasteiger partial charge is 0.459 e. The van der Waals surface area contributed by atoms with Crippen molar-refractivity contribution in [3.63, 3.8) is 0 Å². The molecule has 0 fully saturated rings. The van der Waals surface area contributed by atoms with Crippen LogP contribution in [0.25, 0.3) is 11.0 Å². The second kappa shape index (κ2) is 9.64. The molecule has 0 amide bonds. The van der Waals surface area contributed by atoms with E-state index in [0.29, 0.717) is 6.54 Å². The summed E-state index contributed by atoms with van der Waals surface area (Å²) in [4.78, 5) is 4.71. The quantitative estimate of drug-likeness (QED) is 0.343. The van der Waals surface area contributed by atoms with Crippen LogP contribution in [0.2, 0.25) is 0 Å². The molecule has 0 aliphatic heterocycles. The first-order valence-electron chi connectivity index (χ1n) is 9.45. The molecule has 1 atom stereocenters. The highest BCUT2D eigenvalue weighted by atomic mass is 32.2. The van der Waals surface area contributed by atoms with Crippen molar-refractivity contribution in [1.29, 1.82) is 0 Å². The van der Waals surface area contributed by atoms with Gasteiger partial charge >= 0.3 is 0 Å². The zero-order valence-electron chi connectivity index (χ0n) is 16.9. The SMILES string of the molecule is CSCCCNC(=NCc1nnc(C)n1C)NC(C)c1cc2ccccc2o1. The summed E-state index contributed by atoms with van der Waals surface area (Å²) in [6.07, 6.45) is 3.19. The molecule has 7 nitrogen and oxygen atoms in total. The molecule has 2 N–H and O–H groups in total. The minimum atomic E-state index is -0.0135. The number of aromatic nitrogens is 3. The molecule has 2 heterocycles. The summed E-state index contributed by atoms with van der Waals surface area (Å²) < 4.78 is 7.94. The number of fused-ring (bicyclic) bond motifs is 1. The topological polar surface area (TPSA) is 80.3 Å². The van der Waals surface area contributed by atoms with Crippen LogP contribution >= 0.6 is 11.8 Å². The number of hydrogen-bond donors (Lipinski definition) is 2. The smallest absolute Gasteiger partial charge is 0.192 e. The van der Waals surface area contributed by atoms with Gasteiger partial charge in [0.15, 0.2) is 11.8 Å². The van der Waals surface area contributed by atoms with Crippen LogP contribution in [0.4, 0.5) is 0 Å². The van der Waals surface area contributed by atoms with Crippen LogP contribution in [0.15, 0.2) is 39.7 Å². The summed E-state index contributed by atoms with van der Waals surface area (Å²) in [6.45, 7) is 5.33. The summed E-state index contributed by atoms with van der Waals surface area (Å²) in [5, 5.41) is 16.3. The molecular formula is C20H28N6OS. The first kappa shape index (κ1) is 20.3. The van der Waals surface area contributed by atoms with Crippen molar-refractivity contribution >= 4 is 28.7 Å². The Morgan fingerprint density at radius 3 is 2.86 bits per heavy atom. The van der Waals surface area contributed by atoms with Crippen LogP contribution in [0.5, 0.6) is 0 Å². The van der Waals surface area contributed by atoms with Gasteiger partial charge in [-0.3, -0.25) is 0 Å². The van der Waals surface area contributed by atoms with Crippen molar-refractivity contribution in [2.75, 3.05) is 18.6 Å². The molecular weight excluding hydrogens is 372 g/mol. The molecule has 0 saturated carbocycles. The number of guanidine groups is 1. The van der Waals surface area contributed by atoms with Crippen molar-refractivity contribution in [3.05, 3.63) is 47.7 Å². The van der Waals surface area contributed by atoms with Gasteiger partial charge in [-0.05, 0) is 44.4 Å². The van der Waals surface area contributed by atoms with Crippen molar-refractivity contribution in [2.45, 2.75) is 32.9 Å². The van der Waals surface area contributed by atoms with E-state index in [4.69, 9.17) is 9.41 Å². The molecule has 0 aliphatic rings. The molecule has 0 saturated heterocycles. The minimum Gasteiger partial charge on any atom is -0.459 e. The lowest BCUT2D eigenvalue weighted by Gasteiger charge is -2.17. The van der Waals surface area contributed by atoms with E-state index in [1.54, 1.807) is 0 Å². The maximum atomic E-state index is 5.98. The molecule has 8 heteroatoms.